The van der Waals surface area contributed by atoms with Crippen LogP contribution in [0.15, 0.2) is 30.3 Å². The maximum atomic E-state index is 12.5. The molecule has 1 amide bonds. The van der Waals surface area contributed by atoms with Crippen LogP contribution in [0.25, 0.3) is 0 Å². The Kier molecular flexibility index (Phi) is 6.62. The predicted octanol–water partition coefficient (Wildman–Crippen LogP) is 1.44. The van der Waals surface area contributed by atoms with E-state index in [4.69, 9.17) is 0 Å². The van der Waals surface area contributed by atoms with Crippen LogP contribution in [0.3, 0.4) is 0 Å². The standard InChI is InChI=1S/C17H27N3O3S/c1-3-4-14-24(22,23)18-15(2)17(21)20-12-10-19(11-13-20)16-8-6-5-7-9-16/h5-9,15,18H,3-4,10-14H2,1-2H3/t15-/m0/s1. The maximum absolute atomic E-state index is 12.5. The third-order valence-electron chi connectivity index (χ3n) is 4.21. The number of hydrogen-bond acceptors (Lipinski definition) is 4. The number of amides is 1. The first-order valence-electron chi connectivity index (χ1n) is 8.51. The van der Waals surface area contributed by atoms with Gasteiger partial charge in [-0.1, -0.05) is 31.5 Å². The van der Waals surface area contributed by atoms with Gasteiger partial charge in [-0.15, -0.1) is 0 Å². The van der Waals surface area contributed by atoms with E-state index >= 15 is 0 Å². The summed E-state index contributed by atoms with van der Waals surface area (Å²) in [5.74, 6) is -0.0779. The van der Waals surface area contributed by atoms with Crippen LogP contribution in [0.5, 0.6) is 0 Å². The molecule has 0 radical (unpaired) electrons. The first kappa shape index (κ1) is 18.7. The average molecular weight is 353 g/mol. The molecule has 1 aliphatic rings. The number of hydrogen-bond donors (Lipinski definition) is 1. The Morgan fingerprint density at radius 3 is 2.38 bits per heavy atom. The highest BCUT2D eigenvalue weighted by molar-refractivity contribution is 7.89. The molecule has 0 aromatic heterocycles. The number of rotatable bonds is 7. The Hall–Kier alpha value is -1.60. The Morgan fingerprint density at radius 2 is 1.79 bits per heavy atom. The van der Waals surface area contributed by atoms with E-state index in [-0.39, 0.29) is 11.7 Å². The summed E-state index contributed by atoms with van der Waals surface area (Å²) >= 11 is 0. The van der Waals surface area contributed by atoms with Gasteiger partial charge in [0, 0.05) is 31.9 Å². The van der Waals surface area contributed by atoms with Crippen molar-refractivity contribution in [2.75, 3.05) is 36.8 Å². The van der Waals surface area contributed by atoms with Crippen molar-refractivity contribution in [3.8, 4) is 0 Å². The highest BCUT2D eigenvalue weighted by Gasteiger charge is 2.27. The molecule has 6 nitrogen and oxygen atoms in total. The fourth-order valence-electron chi connectivity index (χ4n) is 2.81. The normalized spacial score (nSPS) is 16.9. The van der Waals surface area contributed by atoms with Crippen LogP contribution in [-0.2, 0) is 14.8 Å². The highest BCUT2D eigenvalue weighted by Crippen LogP contribution is 2.16. The lowest BCUT2D eigenvalue weighted by molar-refractivity contribution is -0.132. The van der Waals surface area contributed by atoms with Gasteiger partial charge in [0.2, 0.25) is 15.9 Å². The van der Waals surface area contributed by atoms with Crippen molar-refractivity contribution in [3.05, 3.63) is 30.3 Å². The van der Waals surface area contributed by atoms with E-state index in [9.17, 15) is 13.2 Å². The zero-order valence-corrected chi connectivity index (χ0v) is 15.3. The van der Waals surface area contributed by atoms with Crippen molar-refractivity contribution in [1.29, 1.82) is 0 Å². The minimum Gasteiger partial charge on any atom is -0.368 e. The van der Waals surface area contributed by atoms with Gasteiger partial charge in [-0.25, -0.2) is 13.1 Å². The minimum absolute atomic E-state index is 0.0723. The molecule has 1 saturated heterocycles. The van der Waals surface area contributed by atoms with Gasteiger partial charge in [0.25, 0.3) is 0 Å². The topological polar surface area (TPSA) is 69.7 Å². The molecule has 1 aliphatic heterocycles. The van der Waals surface area contributed by atoms with Crippen LogP contribution in [-0.4, -0.2) is 57.2 Å². The molecule has 7 heteroatoms. The Bertz CT molecular complexity index is 626. The summed E-state index contributed by atoms with van der Waals surface area (Å²) in [6.07, 6.45) is 1.41. The van der Waals surface area contributed by atoms with Crippen LogP contribution in [0.4, 0.5) is 5.69 Å². The Balaban J connectivity index is 1.86. The molecule has 0 spiro atoms. The molecule has 0 saturated carbocycles. The first-order valence-corrected chi connectivity index (χ1v) is 10.2. The molecule has 0 unspecified atom stereocenters. The molecular formula is C17H27N3O3S. The lowest BCUT2D eigenvalue weighted by Crippen LogP contribution is -2.54. The number of unbranched alkanes of at least 4 members (excludes halogenated alkanes) is 1. The van der Waals surface area contributed by atoms with E-state index in [2.05, 4.69) is 21.8 Å². The van der Waals surface area contributed by atoms with Crippen LogP contribution >= 0.6 is 0 Å². The molecular weight excluding hydrogens is 326 g/mol. The number of nitrogens with one attached hydrogen (secondary N) is 1. The summed E-state index contributed by atoms with van der Waals surface area (Å²) in [5.41, 5.74) is 1.15. The van der Waals surface area contributed by atoms with Crippen molar-refractivity contribution in [3.63, 3.8) is 0 Å². The van der Waals surface area contributed by atoms with Crippen molar-refractivity contribution in [2.45, 2.75) is 32.7 Å². The van der Waals surface area contributed by atoms with E-state index in [0.717, 1.165) is 25.2 Å². The third-order valence-corrected chi connectivity index (χ3v) is 5.74. The molecule has 134 valence electrons. The molecule has 1 fully saturated rings. The molecule has 1 aromatic rings. The Labute approximate surface area is 144 Å². The van der Waals surface area contributed by atoms with Crippen LogP contribution in [0.1, 0.15) is 26.7 Å². The molecule has 1 aromatic carbocycles. The van der Waals surface area contributed by atoms with Gasteiger partial charge in [0.05, 0.1) is 11.8 Å². The summed E-state index contributed by atoms with van der Waals surface area (Å²) in [5, 5.41) is 0. The van der Waals surface area contributed by atoms with E-state index in [0.29, 0.717) is 19.5 Å². The summed E-state index contributed by atoms with van der Waals surface area (Å²) in [6.45, 7) is 6.28. The molecule has 0 bridgehead atoms. The van der Waals surface area contributed by atoms with E-state index in [1.165, 1.54) is 0 Å². The monoisotopic (exact) mass is 353 g/mol. The summed E-state index contributed by atoms with van der Waals surface area (Å²) in [4.78, 5) is 16.5. The number of nitrogens with zero attached hydrogens (tertiary/aromatic N) is 2. The maximum Gasteiger partial charge on any atom is 0.240 e. The van der Waals surface area contributed by atoms with Crippen molar-refractivity contribution in [2.24, 2.45) is 0 Å². The zero-order chi connectivity index (χ0) is 17.6. The number of carbonyl (C=O) groups excluding carboxylic acids is 1. The largest absolute Gasteiger partial charge is 0.368 e. The second kappa shape index (κ2) is 8.48. The van der Waals surface area contributed by atoms with Gasteiger partial charge < -0.3 is 9.80 Å². The SMILES string of the molecule is CCCCS(=O)(=O)N[C@@H](C)C(=O)N1CCN(c2ccccc2)CC1. The van der Waals surface area contributed by atoms with Gasteiger partial charge in [0.15, 0.2) is 0 Å². The molecule has 1 atom stereocenters. The van der Waals surface area contributed by atoms with Crippen LogP contribution in [0, 0.1) is 0 Å². The van der Waals surface area contributed by atoms with Gasteiger partial charge in [-0.05, 0) is 25.5 Å². The molecule has 1 N–H and O–H groups in total. The summed E-state index contributed by atoms with van der Waals surface area (Å²) in [7, 11) is -3.39. The number of carbonyl (C=O) groups is 1. The van der Waals surface area contributed by atoms with Crippen LogP contribution in [0.2, 0.25) is 0 Å². The van der Waals surface area contributed by atoms with Crippen LogP contribution < -0.4 is 9.62 Å². The summed E-state index contributed by atoms with van der Waals surface area (Å²) < 4.78 is 26.4. The Morgan fingerprint density at radius 1 is 1.17 bits per heavy atom. The fraction of sp³-hybridized carbons (Fsp3) is 0.588. The third kappa shape index (κ3) is 5.21. The van der Waals surface area contributed by atoms with E-state index in [1.54, 1.807) is 11.8 Å². The highest BCUT2D eigenvalue weighted by atomic mass is 32.2. The quantitative estimate of drug-likeness (QED) is 0.805. The molecule has 2 rings (SSSR count). The zero-order valence-electron chi connectivity index (χ0n) is 14.4. The van der Waals surface area contributed by atoms with Crippen molar-refractivity contribution >= 4 is 21.6 Å². The van der Waals surface area contributed by atoms with E-state index < -0.39 is 16.1 Å². The number of piperazine rings is 1. The molecule has 0 aliphatic carbocycles. The van der Waals surface area contributed by atoms with Gasteiger partial charge >= 0.3 is 0 Å². The predicted molar refractivity (Wildman–Crippen MR) is 96.5 cm³/mol. The smallest absolute Gasteiger partial charge is 0.240 e. The lowest BCUT2D eigenvalue weighted by Gasteiger charge is -2.37. The lowest BCUT2D eigenvalue weighted by atomic mass is 10.2. The molecule has 1 heterocycles. The fourth-order valence-corrected chi connectivity index (χ4v) is 4.24. The average Bonchev–Trinajstić information content (AvgIpc) is 2.60. The van der Waals surface area contributed by atoms with Gasteiger partial charge in [-0.3, -0.25) is 4.79 Å². The second-order valence-corrected chi connectivity index (χ2v) is 8.03. The number of anilines is 1. The second-order valence-electron chi connectivity index (χ2n) is 6.16. The van der Waals surface area contributed by atoms with Crippen molar-refractivity contribution in [1.82, 2.24) is 9.62 Å². The first-order chi connectivity index (χ1) is 11.4. The number of para-hydroxylation sites is 1. The number of benzene rings is 1. The van der Waals surface area contributed by atoms with Crippen molar-refractivity contribution < 1.29 is 13.2 Å². The van der Waals surface area contributed by atoms with Gasteiger partial charge in [-0.2, -0.15) is 0 Å². The van der Waals surface area contributed by atoms with Gasteiger partial charge in [0.1, 0.15) is 0 Å². The van der Waals surface area contributed by atoms with E-state index in [1.807, 2.05) is 25.1 Å². The number of sulfonamides is 1. The molecule has 24 heavy (non-hydrogen) atoms. The summed E-state index contributed by atoms with van der Waals surface area (Å²) in [6, 6.07) is 9.38. The minimum atomic E-state index is -3.39.